The smallest absolute Gasteiger partial charge is 0.0847 e. The Labute approximate surface area is 340 Å². The van der Waals surface area contributed by atoms with Crippen molar-refractivity contribution in [3.05, 3.63) is 242 Å². The van der Waals surface area contributed by atoms with Crippen LogP contribution in [0.25, 0.3) is 60.5 Å². The lowest BCUT2D eigenvalue weighted by Gasteiger charge is -2.36. The maximum absolute atomic E-state index is 3.96. The van der Waals surface area contributed by atoms with Crippen molar-refractivity contribution in [3.8, 4) is 33.4 Å². The van der Waals surface area contributed by atoms with E-state index in [-0.39, 0.29) is 0 Å². The summed E-state index contributed by atoms with van der Waals surface area (Å²) >= 11 is 0. The van der Waals surface area contributed by atoms with E-state index in [0.29, 0.717) is 0 Å². The SMILES string of the molecule is C1=CC(Nc2ccccc2)(c2ccc(-c3ccccc3)cc2)CC=C1c1ccc(Nc2ccccc2)c(-c2cccc3ccccc23)c1-c1cccc2ccccc12. The molecule has 2 heteroatoms. The Morgan fingerprint density at radius 1 is 0.397 bits per heavy atom. The van der Waals surface area contributed by atoms with Crippen LogP contribution in [0.4, 0.5) is 17.1 Å². The minimum Gasteiger partial charge on any atom is -0.372 e. The third-order valence-corrected chi connectivity index (χ3v) is 11.5. The first-order chi connectivity index (χ1) is 28.7. The van der Waals surface area contributed by atoms with Crippen LogP contribution in [0.3, 0.4) is 0 Å². The Hall–Kier alpha value is -7.42. The van der Waals surface area contributed by atoms with Gasteiger partial charge >= 0.3 is 0 Å². The summed E-state index contributed by atoms with van der Waals surface area (Å²) in [6, 6.07) is 76.2. The van der Waals surface area contributed by atoms with Gasteiger partial charge in [0.2, 0.25) is 0 Å². The van der Waals surface area contributed by atoms with E-state index in [0.717, 1.165) is 23.5 Å². The van der Waals surface area contributed by atoms with E-state index in [9.17, 15) is 0 Å². The van der Waals surface area contributed by atoms with Crippen LogP contribution in [0.5, 0.6) is 0 Å². The van der Waals surface area contributed by atoms with E-state index < -0.39 is 5.54 Å². The predicted octanol–water partition coefficient (Wildman–Crippen LogP) is 15.1. The first-order valence-electron chi connectivity index (χ1n) is 20.1. The van der Waals surface area contributed by atoms with E-state index in [2.05, 4.69) is 241 Å². The highest BCUT2D eigenvalue weighted by molar-refractivity contribution is 6.11. The van der Waals surface area contributed by atoms with Gasteiger partial charge in [-0.25, -0.2) is 0 Å². The lowest BCUT2D eigenvalue weighted by atomic mass is 9.78. The number of para-hydroxylation sites is 2. The lowest BCUT2D eigenvalue weighted by Crippen LogP contribution is -2.34. The van der Waals surface area contributed by atoms with Gasteiger partial charge in [-0.15, -0.1) is 0 Å². The fourth-order valence-electron chi connectivity index (χ4n) is 8.66. The second kappa shape index (κ2) is 15.3. The molecule has 10 rings (SSSR count). The van der Waals surface area contributed by atoms with Crippen LogP contribution in [-0.4, -0.2) is 0 Å². The number of allylic oxidation sites excluding steroid dienone is 2. The second-order valence-electron chi connectivity index (χ2n) is 15.1. The van der Waals surface area contributed by atoms with E-state index >= 15 is 0 Å². The van der Waals surface area contributed by atoms with E-state index in [4.69, 9.17) is 0 Å². The molecule has 0 amide bonds. The molecule has 1 atom stereocenters. The Bertz CT molecular complexity index is 2940. The van der Waals surface area contributed by atoms with Gasteiger partial charge in [0.15, 0.2) is 0 Å². The summed E-state index contributed by atoms with van der Waals surface area (Å²) in [7, 11) is 0. The summed E-state index contributed by atoms with van der Waals surface area (Å²) in [5.41, 5.74) is 13.6. The summed E-state index contributed by atoms with van der Waals surface area (Å²) in [5.74, 6) is 0. The molecule has 0 bridgehead atoms. The summed E-state index contributed by atoms with van der Waals surface area (Å²) in [4.78, 5) is 0. The molecule has 0 radical (unpaired) electrons. The molecule has 9 aromatic carbocycles. The van der Waals surface area contributed by atoms with Crippen LogP contribution >= 0.6 is 0 Å². The van der Waals surface area contributed by atoms with Crippen molar-refractivity contribution in [1.29, 1.82) is 0 Å². The van der Waals surface area contributed by atoms with Crippen LogP contribution in [0.1, 0.15) is 17.5 Å². The highest BCUT2D eigenvalue weighted by Crippen LogP contribution is 2.49. The van der Waals surface area contributed by atoms with Crippen LogP contribution in [0.2, 0.25) is 0 Å². The van der Waals surface area contributed by atoms with Crippen LogP contribution in [0.15, 0.2) is 231 Å². The molecular weight excluding hydrogens is 701 g/mol. The average molecular weight is 743 g/mol. The minimum absolute atomic E-state index is 0.451. The van der Waals surface area contributed by atoms with Crippen molar-refractivity contribution in [2.75, 3.05) is 10.6 Å². The van der Waals surface area contributed by atoms with E-state index in [1.807, 2.05) is 0 Å². The number of anilines is 3. The Morgan fingerprint density at radius 2 is 0.931 bits per heavy atom. The summed E-state index contributed by atoms with van der Waals surface area (Å²) in [5, 5.41) is 12.7. The van der Waals surface area contributed by atoms with Gasteiger partial charge < -0.3 is 10.6 Å². The molecular formula is C56H42N2. The lowest BCUT2D eigenvalue weighted by molar-refractivity contribution is 0.620. The monoisotopic (exact) mass is 742 g/mol. The zero-order valence-electron chi connectivity index (χ0n) is 32.1. The fraction of sp³-hybridized carbons (Fsp3) is 0.0357. The van der Waals surface area contributed by atoms with Crippen LogP contribution in [0, 0.1) is 0 Å². The number of fused-ring (bicyclic) bond motifs is 2. The molecule has 1 aliphatic carbocycles. The maximum atomic E-state index is 3.96. The molecule has 1 aliphatic rings. The summed E-state index contributed by atoms with van der Waals surface area (Å²) in [6.45, 7) is 0. The molecule has 9 aromatic rings. The maximum Gasteiger partial charge on any atom is 0.0847 e. The number of hydrogen-bond donors (Lipinski definition) is 2. The molecule has 0 spiro atoms. The molecule has 276 valence electrons. The van der Waals surface area contributed by atoms with Gasteiger partial charge in [-0.05, 0) is 97.3 Å². The fourth-order valence-corrected chi connectivity index (χ4v) is 8.66. The van der Waals surface area contributed by atoms with Crippen molar-refractivity contribution in [3.63, 3.8) is 0 Å². The topological polar surface area (TPSA) is 24.1 Å². The normalized spacial score (nSPS) is 14.9. The highest BCUT2D eigenvalue weighted by atomic mass is 15.0. The molecule has 0 saturated heterocycles. The van der Waals surface area contributed by atoms with Gasteiger partial charge in [-0.1, -0.05) is 200 Å². The summed E-state index contributed by atoms with van der Waals surface area (Å²) < 4.78 is 0. The number of hydrogen-bond acceptors (Lipinski definition) is 2. The molecule has 2 N–H and O–H groups in total. The average Bonchev–Trinajstić information content (AvgIpc) is 3.30. The largest absolute Gasteiger partial charge is 0.372 e. The van der Waals surface area contributed by atoms with Crippen LogP contribution in [-0.2, 0) is 5.54 Å². The number of benzene rings is 9. The van der Waals surface area contributed by atoms with Gasteiger partial charge in [-0.2, -0.15) is 0 Å². The Kier molecular flexibility index (Phi) is 9.21. The predicted molar refractivity (Wildman–Crippen MR) is 247 cm³/mol. The molecule has 0 fully saturated rings. The zero-order chi connectivity index (χ0) is 38.7. The first-order valence-corrected chi connectivity index (χ1v) is 20.1. The minimum atomic E-state index is -0.451. The van der Waals surface area contributed by atoms with Crippen molar-refractivity contribution in [1.82, 2.24) is 0 Å². The molecule has 58 heavy (non-hydrogen) atoms. The third-order valence-electron chi connectivity index (χ3n) is 11.5. The van der Waals surface area contributed by atoms with Crippen molar-refractivity contribution < 1.29 is 0 Å². The molecule has 1 unspecified atom stereocenters. The molecule has 2 nitrogen and oxygen atoms in total. The quantitative estimate of drug-likeness (QED) is 0.154. The molecule has 0 saturated carbocycles. The van der Waals surface area contributed by atoms with Gasteiger partial charge in [0, 0.05) is 28.2 Å². The van der Waals surface area contributed by atoms with Gasteiger partial charge in [-0.3, -0.25) is 0 Å². The third kappa shape index (κ3) is 6.65. The van der Waals surface area contributed by atoms with Gasteiger partial charge in [0.25, 0.3) is 0 Å². The van der Waals surface area contributed by atoms with Crippen molar-refractivity contribution >= 4 is 44.2 Å². The number of rotatable bonds is 9. The van der Waals surface area contributed by atoms with E-state index in [1.54, 1.807) is 0 Å². The van der Waals surface area contributed by atoms with Gasteiger partial charge in [0.1, 0.15) is 0 Å². The molecule has 0 aromatic heterocycles. The molecule has 0 heterocycles. The van der Waals surface area contributed by atoms with Gasteiger partial charge in [0.05, 0.1) is 5.54 Å². The van der Waals surface area contributed by atoms with Crippen molar-refractivity contribution in [2.45, 2.75) is 12.0 Å². The first kappa shape index (κ1) is 35.0. The number of nitrogens with one attached hydrogen (secondary N) is 2. The Morgan fingerprint density at radius 3 is 1.55 bits per heavy atom. The Balaban J connectivity index is 1.17. The standard InChI is InChI=1S/C56H42N2/c1-4-16-40(17-5-1)41-30-32-45(33-31-41)56(58-47-24-8-3-9-25-47)38-36-44(37-39-56)50-34-35-53(57-46-22-6-2-7-23-46)55(52-29-15-21-43-19-11-13-27-49(43)52)54(50)51-28-14-20-42-18-10-12-26-48(42)51/h1-38,57-58H,39H2. The van der Waals surface area contributed by atoms with Crippen LogP contribution < -0.4 is 10.6 Å². The zero-order valence-corrected chi connectivity index (χ0v) is 32.1. The summed E-state index contributed by atoms with van der Waals surface area (Å²) in [6.07, 6.45) is 7.92. The van der Waals surface area contributed by atoms with E-state index in [1.165, 1.54) is 71.6 Å². The molecule has 0 aliphatic heterocycles. The highest BCUT2D eigenvalue weighted by Gasteiger charge is 2.32. The second-order valence-corrected chi connectivity index (χ2v) is 15.1. The van der Waals surface area contributed by atoms with Crippen molar-refractivity contribution in [2.24, 2.45) is 0 Å².